The van der Waals surface area contributed by atoms with E-state index in [0.29, 0.717) is 11.5 Å². The van der Waals surface area contributed by atoms with Crippen molar-refractivity contribution in [3.8, 4) is 11.5 Å². The molecule has 0 radical (unpaired) electrons. The second kappa shape index (κ2) is 18.6. The Hall–Kier alpha value is -3.31. The van der Waals surface area contributed by atoms with Crippen LogP contribution in [0, 0.1) is 0 Å². The highest BCUT2D eigenvalue weighted by Crippen LogP contribution is 2.24. The molecule has 1 saturated heterocycles. The standard InChI is InChI=1S/C34H48N2O8.BrH/c1-34(2,3)44-33(39)35-28-15-10-20-36(23-28,18-8-13-26-11-6-16-29(21-26)42-24-31(37)40-4)19-9-14-27-12-7-17-30(22-27)43-25-32(38)41-5;/h6-7,11-12,16-17,21-22,28H,8-10,13-15,18-20,23-25H2,1-5H3;1H/t28-;/m0./s1. The SMILES string of the molecule is COC(=O)COc1cccc(CCC[N+]2(CCCc3cccc(OCC(=O)OC)c3)CCC[C@H](NC(=O)OC(C)(C)C)C2)c1.[Br-]. The summed E-state index contributed by atoms with van der Waals surface area (Å²) in [6.07, 6.45) is 5.27. The van der Waals surface area contributed by atoms with Crippen molar-refractivity contribution in [2.45, 2.75) is 70.9 Å². The number of esters is 2. The van der Waals surface area contributed by atoms with Gasteiger partial charge in [0.2, 0.25) is 0 Å². The molecule has 45 heavy (non-hydrogen) atoms. The van der Waals surface area contributed by atoms with Crippen molar-refractivity contribution in [3.05, 3.63) is 59.7 Å². The average Bonchev–Trinajstić information content (AvgIpc) is 2.98. The fraction of sp³-hybridized carbons (Fsp3) is 0.559. The molecule has 3 rings (SSSR count). The lowest BCUT2D eigenvalue weighted by molar-refractivity contribution is -0.933. The van der Waals surface area contributed by atoms with Gasteiger partial charge in [0.05, 0.1) is 46.4 Å². The third kappa shape index (κ3) is 14.1. The summed E-state index contributed by atoms with van der Waals surface area (Å²) in [5.74, 6) is 0.465. The number of nitrogens with one attached hydrogen (secondary N) is 1. The zero-order valence-electron chi connectivity index (χ0n) is 27.3. The molecule has 2 aromatic carbocycles. The van der Waals surface area contributed by atoms with E-state index in [2.05, 4.69) is 26.9 Å². The summed E-state index contributed by atoms with van der Waals surface area (Å²) in [4.78, 5) is 35.5. The number of hydrogen-bond donors (Lipinski definition) is 1. The second-order valence-corrected chi connectivity index (χ2v) is 12.4. The number of carbonyl (C=O) groups is 3. The highest BCUT2D eigenvalue weighted by Gasteiger charge is 2.35. The Morgan fingerprint density at radius 1 is 0.844 bits per heavy atom. The van der Waals surface area contributed by atoms with Gasteiger partial charge in [0.1, 0.15) is 17.1 Å². The normalized spacial score (nSPS) is 15.6. The molecule has 0 bridgehead atoms. The highest BCUT2D eigenvalue weighted by atomic mass is 79.9. The van der Waals surface area contributed by atoms with Crippen LogP contribution in [0.15, 0.2) is 48.5 Å². The monoisotopic (exact) mass is 692 g/mol. The number of alkyl carbamates (subject to hydrolysis) is 1. The molecule has 0 aliphatic carbocycles. The Morgan fingerprint density at radius 3 is 1.82 bits per heavy atom. The van der Waals surface area contributed by atoms with E-state index in [4.69, 9.17) is 14.2 Å². The van der Waals surface area contributed by atoms with Crippen LogP contribution < -0.4 is 31.8 Å². The summed E-state index contributed by atoms with van der Waals surface area (Å²) < 4.78 is 27.0. The molecule has 0 unspecified atom stereocenters. The molecule has 0 spiro atoms. The van der Waals surface area contributed by atoms with Gasteiger partial charge in [0.25, 0.3) is 0 Å². The maximum absolute atomic E-state index is 12.6. The van der Waals surface area contributed by atoms with Gasteiger partial charge in [-0.05, 0) is 81.8 Å². The topological polar surface area (TPSA) is 109 Å². The minimum Gasteiger partial charge on any atom is -1.00 e. The molecule has 1 amide bonds. The molecule has 0 aromatic heterocycles. The maximum Gasteiger partial charge on any atom is 0.408 e. The van der Waals surface area contributed by atoms with Gasteiger partial charge >= 0.3 is 18.0 Å². The second-order valence-electron chi connectivity index (χ2n) is 12.4. The Labute approximate surface area is 278 Å². The first kappa shape index (κ1) is 37.9. The van der Waals surface area contributed by atoms with Crippen molar-refractivity contribution in [1.82, 2.24) is 5.32 Å². The molecule has 250 valence electrons. The van der Waals surface area contributed by atoms with Crippen LogP contribution in [0.25, 0.3) is 0 Å². The van der Waals surface area contributed by atoms with Gasteiger partial charge in [-0.25, -0.2) is 14.4 Å². The smallest absolute Gasteiger partial charge is 0.408 e. The molecule has 1 aliphatic heterocycles. The zero-order chi connectivity index (χ0) is 32.0. The Kier molecular flexibility index (Phi) is 15.7. The fourth-order valence-corrected chi connectivity index (χ4v) is 5.65. The van der Waals surface area contributed by atoms with Gasteiger partial charge < -0.3 is 50.5 Å². The minimum absolute atomic E-state index is 0. The minimum atomic E-state index is -0.547. The van der Waals surface area contributed by atoms with Gasteiger partial charge in [0, 0.05) is 12.8 Å². The average molecular weight is 694 g/mol. The number of aryl methyl sites for hydroxylation is 2. The molecule has 10 nitrogen and oxygen atoms in total. The van der Waals surface area contributed by atoms with Crippen LogP contribution in [0.2, 0.25) is 0 Å². The number of halogens is 1. The zero-order valence-corrected chi connectivity index (χ0v) is 28.9. The van der Waals surface area contributed by atoms with Crippen LogP contribution in [-0.2, 0) is 36.6 Å². The predicted molar refractivity (Wildman–Crippen MR) is 167 cm³/mol. The quantitative estimate of drug-likeness (QED) is 0.171. The molecule has 11 heteroatoms. The van der Waals surface area contributed by atoms with E-state index in [0.717, 1.165) is 80.3 Å². The van der Waals surface area contributed by atoms with Crippen molar-refractivity contribution in [1.29, 1.82) is 0 Å². The van der Waals surface area contributed by atoms with Gasteiger partial charge in [-0.1, -0.05) is 24.3 Å². The first-order chi connectivity index (χ1) is 21.0. The fourth-order valence-electron chi connectivity index (χ4n) is 5.65. The lowest BCUT2D eigenvalue weighted by Crippen LogP contribution is -3.00. The van der Waals surface area contributed by atoms with Crippen LogP contribution in [0.3, 0.4) is 0 Å². The number of carbonyl (C=O) groups excluding carboxylic acids is 3. The lowest BCUT2D eigenvalue weighted by Gasteiger charge is -2.45. The number of benzene rings is 2. The van der Waals surface area contributed by atoms with Crippen LogP contribution >= 0.6 is 0 Å². The van der Waals surface area contributed by atoms with Crippen molar-refractivity contribution >= 4 is 18.0 Å². The first-order valence-corrected chi connectivity index (χ1v) is 15.4. The molecule has 0 saturated carbocycles. The van der Waals surface area contributed by atoms with E-state index < -0.39 is 17.5 Å². The summed E-state index contributed by atoms with van der Waals surface area (Å²) in [6, 6.07) is 15.7. The van der Waals surface area contributed by atoms with Crippen molar-refractivity contribution in [2.75, 3.05) is 53.6 Å². The van der Waals surface area contributed by atoms with E-state index in [1.165, 1.54) is 14.2 Å². The number of methoxy groups -OCH3 is 2. The molecule has 1 heterocycles. The first-order valence-electron chi connectivity index (χ1n) is 15.4. The van der Waals surface area contributed by atoms with Gasteiger partial charge in [-0.2, -0.15) is 0 Å². The van der Waals surface area contributed by atoms with Crippen LogP contribution in [0.4, 0.5) is 4.79 Å². The number of nitrogens with zero attached hydrogens (tertiary/aromatic N) is 1. The summed E-state index contributed by atoms with van der Waals surface area (Å²) in [5.41, 5.74) is 1.75. The van der Waals surface area contributed by atoms with E-state index in [1.54, 1.807) is 0 Å². The number of ether oxygens (including phenoxy) is 5. The van der Waals surface area contributed by atoms with Crippen molar-refractivity contribution < 1.29 is 59.5 Å². The number of hydrogen-bond acceptors (Lipinski definition) is 8. The molecule has 1 atom stereocenters. The van der Waals surface area contributed by atoms with Crippen LogP contribution in [-0.4, -0.2) is 87.8 Å². The van der Waals surface area contributed by atoms with Crippen LogP contribution in [0.5, 0.6) is 11.5 Å². The number of piperidine rings is 1. The van der Waals surface area contributed by atoms with E-state index in [1.807, 2.05) is 57.2 Å². The molecule has 1 aliphatic rings. The number of rotatable bonds is 15. The Balaban J connectivity index is 0.00000705. The van der Waals surface area contributed by atoms with Crippen molar-refractivity contribution in [3.63, 3.8) is 0 Å². The highest BCUT2D eigenvalue weighted by molar-refractivity contribution is 5.71. The van der Waals surface area contributed by atoms with Gasteiger partial charge in [0.15, 0.2) is 13.2 Å². The van der Waals surface area contributed by atoms with Crippen molar-refractivity contribution in [2.24, 2.45) is 0 Å². The van der Waals surface area contributed by atoms with Crippen LogP contribution in [0.1, 0.15) is 57.6 Å². The Bertz CT molecular complexity index is 1160. The Morgan fingerprint density at radius 2 is 1.36 bits per heavy atom. The summed E-state index contributed by atoms with van der Waals surface area (Å²) in [5, 5.41) is 3.13. The maximum atomic E-state index is 12.6. The summed E-state index contributed by atoms with van der Waals surface area (Å²) in [6.45, 7) is 9.24. The van der Waals surface area contributed by atoms with E-state index >= 15 is 0 Å². The predicted octanol–water partition coefficient (Wildman–Crippen LogP) is 1.86. The number of likely N-dealkylation sites (tertiary alicyclic amines) is 1. The third-order valence-corrected chi connectivity index (χ3v) is 7.68. The molecule has 1 N–H and O–H groups in total. The molecule has 2 aromatic rings. The number of amides is 1. The van der Waals surface area contributed by atoms with Gasteiger partial charge in [-0.3, -0.25) is 0 Å². The molecular formula is C34H49BrN2O8. The lowest BCUT2D eigenvalue weighted by atomic mass is 9.99. The third-order valence-electron chi connectivity index (χ3n) is 7.68. The number of quaternary nitrogens is 1. The summed E-state index contributed by atoms with van der Waals surface area (Å²) >= 11 is 0. The summed E-state index contributed by atoms with van der Waals surface area (Å²) in [7, 11) is 2.68. The largest absolute Gasteiger partial charge is 1.00 e. The van der Waals surface area contributed by atoms with E-state index in [9.17, 15) is 14.4 Å². The van der Waals surface area contributed by atoms with Gasteiger partial charge in [-0.15, -0.1) is 0 Å². The van der Waals surface area contributed by atoms with E-state index in [-0.39, 0.29) is 42.3 Å². The molecular weight excluding hydrogens is 644 g/mol. The molecule has 1 fully saturated rings.